The number of aromatic nitrogens is 2. The van der Waals surface area contributed by atoms with Crippen LogP contribution in [-0.2, 0) is 6.42 Å². The molecule has 3 N–H and O–H groups in total. The molecule has 1 saturated carbocycles. The summed E-state index contributed by atoms with van der Waals surface area (Å²) in [5.74, 6) is 3.14. The second-order valence-electron chi connectivity index (χ2n) is 5.56. The molecule has 4 nitrogen and oxygen atoms in total. The molecule has 4 heteroatoms. The van der Waals surface area contributed by atoms with Gasteiger partial charge in [-0.1, -0.05) is 33.1 Å². The number of nitrogen functional groups attached to an aromatic ring is 1. The Morgan fingerprint density at radius 3 is 2.63 bits per heavy atom. The van der Waals surface area contributed by atoms with E-state index >= 15 is 0 Å². The van der Waals surface area contributed by atoms with Gasteiger partial charge in [-0.05, 0) is 25.7 Å². The Morgan fingerprint density at radius 2 is 1.95 bits per heavy atom. The molecule has 0 radical (unpaired) electrons. The quantitative estimate of drug-likeness (QED) is 0.873. The van der Waals surface area contributed by atoms with Gasteiger partial charge < -0.3 is 11.1 Å². The minimum atomic E-state index is 0.538. The molecule has 106 valence electrons. The van der Waals surface area contributed by atoms with Gasteiger partial charge in [0.1, 0.15) is 17.5 Å². The molecule has 0 aromatic carbocycles. The number of anilines is 2. The molecular weight excluding hydrogens is 236 g/mol. The third-order valence-electron chi connectivity index (χ3n) is 4.30. The first kappa shape index (κ1) is 14.1. The van der Waals surface area contributed by atoms with E-state index in [2.05, 4.69) is 29.1 Å². The van der Waals surface area contributed by atoms with Crippen LogP contribution in [0.5, 0.6) is 0 Å². The van der Waals surface area contributed by atoms with Crippen molar-refractivity contribution in [3.8, 4) is 0 Å². The monoisotopic (exact) mass is 262 g/mol. The Labute approximate surface area is 116 Å². The van der Waals surface area contributed by atoms with E-state index in [9.17, 15) is 0 Å². The minimum absolute atomic E-state index is 0.538. The van der Waals surface area contributed by atoms with Gasteiger partial charge in [0.05, 0.1) is 0 Å². The normalized spacial score (nSPS) is 23.3. The molecule has 19 heavy (non-hydrogen) atoms. The zero-order valence-electron chi connectivity index (χ0n) is 12.4. The van der Waals surface area contributed by atoms with E-state index < -0.39 is 0 Å². The van der Waals surface area contributed by atoms with Crippen molar-refractivity contribution in [1.82, 2.24) is 9.97 Å². The highest BCUT2D eigenvalue weighted by molar-refractivity contribution is 5.55. The predicted molar refractivity (Wildman–Crippen MR) is 80.2 cm³/mol. The summed E-state index contributed by atoms with van der Waals surface area (Å²) in [5.41, 5.74) is 6.96. The molecule has 1 fully saturated rings. The summed E-state index contributed by atoms with van der Waals surface area (Å²) in [6.45, 7) is 6.34. The van der Waals surface area contributed by atoms with E-state index in [4.69, 9.17) is 5.73 Å². The fraction of sp³-hybridized carbons (Fsp3) is 0.733. The Morgan fingerprint density at radius 1 is 1.21 bits per heavy atom. The second kappa shape index (κ2) is 6.22. The highest BCUT2D eigenvalue weighted by Gasteiger charge is 2.24. The van der Waals surface area contributed by atoms with Gasteiger partial charge in [-0.25, -0.2) is 9.97 Å². The van der Waals surface area contributed by atoms with Crippen molar-refractivity contribution in [2.24, 2.45) is 5.92 Å². The van der Waals surface area contributed by atoms with Crippen LogP contribution in [0.4, 0.5) is 11.6 Å². The summed E-state index contributed by atoms with van der Waals surface area (Å²) >= 11 is 0. The number of hydrogen-bond donors (Lipinski definition) is 2. The lowest BCUT2D eigenvalue weighted by atomic mass is 9.83. The lowest BCUT2D eigenvalue weighted by Crippen LogP contribution is -2.32. The second-order valence-corrected chi connectivity index (χ2v) is 5.56. The van der Waals surface area contributed by atoms with Gasteiger partial charge >= 0.3 is 0 Å². The lowest BCUT2D eigenvalue weighted by molar-refractivity contribution is 0.316. The molecule has 2 unspecified atom stereocenters. The molecule has 0 bridgehead atoms. The van der Waals surface area contributed by atoms with Crippen LogP contribution in [0, 0.1) is 12.8 Å². The van der Waals surface area contributed by atoms with Crippen molar-refractivity contribution in [2.75, 3.05) is 11.1 Å². The van der Waals surface area contributed by atoms with Crippen LogP contribution >= 0.6 is 0 Å². The van der Waals surface area contributed by atoms with Crippen LogP contribution in [0.15, 0.2) is 0 Å². The summed E-state index contributed by atoms with van der Waals surface area (Å²) in [7, 11) is 0. The largest absolute Gasteiger partial charge is 0.383 e. The Bertz CT molecular complexity index is 430. The van der Waals surface area contributed by atoms with Gasteiger partial charge in [-0.2, -0.15) is 0 Å². The lowest BCUT2D eigenvalue weighted by Gasteiger charge is -2.32. The van der Waals surface area contributed by atoms with Gasteiger partial charge in [-0.15, -0.1) is 0 Å². The minimum Gasteiger partial charge on any atom is -0.383 e. The smallest absolute Gasteiger partial charge is 0.134 e. The van der Waals surface area contributed by atoms with Crippen LogP contribution < -0.4 is 11.1 Å². The number of hydrogen-bond acceptors (Lipinski definition) is 4. The first-order chi connectivity index (χ1) is 9.15. The third kappa shape index (κ3) is 3.17. The van der Waals surface area contributed by atoms with Gasteiger partial charge in [0.25, 0.3) is 0 Å². The van der Waals surface area contributed by atoms with Crippen molar-refractivity contribution in [2.45, 2.75) is 65.3 Å². The highest BCUT2D eigenvalue weighted by atomic mass is 15.1. The van der Waals surface area contributed by atoms with E-state index in [-0.39, 0.29) is 0 Å². The Kier molecular flexibility index (Phi) is 4.61. The molecule has 2 atom stereocenters. The van der Waals surface area contributed by atoms with E-state index in [1.165, 1.54) is 32.1 Å². The number of nitrogens with zero attached hydrogens (tertiary/aromatic N) is 2. The maximum absolute atomic E-state index is 5.98. The fourth-order valence-corrected chi connectivity index (χ4v) is 2.94. The molecule has 1 aromatic heterocycles. The molecule has 1 aliphatic rings. The first-order valence-corrected chi connectivity index (χ1v) is 7.55. The molecule has 1 aliphatic carbocycles. The molecular formula is C15H26N4. The van der Waals surface area contributed by atoms with Crippen LogP contribution in [0.25, 0.3) is 0 Å². The van der Waals surface area contributed by atoms with Crippen molar-refractivity contribution >= 4 is 11.6 Å². The van der Waals surface area contributed by atoms with Gasteiger partial charge in [-0.3, -0.25) is 0 Å². The molecule has 0 amide bonds. The van der Waals surface area contributed by atoms with Crippen LogP contribution in [0.1, 0.15) is 57.3 Å². The maximum atomic E-state index is 5.98. The van der Waals surface area contributed by atoms with Crippen molar-refractivity contribution in [3.05, 3.63) is 11.4 Å². The summed E-state index contributed by atoms with van der Waals surface area (Å²) in [5, 5.41) is 3.63. The topological polar surface area (TPSA) is 63.8 Å². The summed E-state index contributed by atoms with van der Waals surface area (Å²) in [6.07, 6.45) is 7.30. The Balaban J connectivity index is 2.19. The maximum Gasteiger partial charge on any atom is 0.134 e. The van der Waals surface area contributed by atoms with Crippen molar-refractivity contribution in [3.63, 3.8) is 0 Å². The zero-order valence-corrected chi connectivity index (χ0v) is 12.4. The number of rotatable bonds is 4. The average molecular weight is 262 g/mol. The molecule has 0 saturated heterocycles. The van der Waals surface area contributed by atoms with E-state index in [0.717, 1.165) is 29.5 Å². The molecule has 0 spiro atoms. The number of nitrogens with one attached hydrogen (secondary N) is 1. The van der Waals surface area contributed by atoms with Crippen molar-refractivity contribution < 1.29 is 0 Å². The summed E-state index contributed by atoms with van der Waals surface area (Å²) in [4.78, 5) is 8.92. The molecule has 1 aromatic rings. The zero-order chi connectivity index (χ0) is 13.8. The van der Waals surface area contributed by atoms with E-state index in [0.29, 0.717) is 11.9 Å². The van der Waals surface area contributed by atoms with Gasteiger partial charge in [0, 0.05) is 18.0 Å². The molecule has 2 rings (SSSR count). The standard InChI is InChI=1S/C15H26N4/c1-4-11-8-6-7-9-12(11)17-15-10(3)14(16)18-13(5-2)19-15/h11-12H,4-9H2,1-3H3,(H3,16,17,18,19). The predicted octanol–water partition coefficient (Wildman–Crippen LogP) is 3.31. The molecule has 1 heterocycles. The third-order valence-corrected chi connectivity index (χ3v) is 4.30. The van der Waals surface area contributed by atoms with Crippen LogP contribution in [0.2, 0.25) is 0 Å². The van der Waals surface area contributed by atoms with Crippen molar-refractivity contribution in [1.29, 1.82) is 0 Å². The van der Waals surface area contributed by atoms with Crippen LogP contribution in [0.3, 0.4) is 0 Å². The van der Waals surface area contributed by atoms with Gasteiger partial charge in [0.15, 0.2) is 0 Å². The highest BCUT2D eigenvalue weighted by Crippen LogP contribution is 2.30. The summed E-state index contributed by atoms with van der Waals surface area (Å²) in [6, 6.07) is 0.538. The fourth-order valence-electron chi connectivity index (χ4n) is 2.94. The molecule has 0 aliphatic heterocycles. The SMILES string of the molecule is CCc1nc(N)c(C)c(NC2CCCCC2CC)n1. The number of aryl methyl sites for hydroxylation is 1. The van der Waals surface area contributed by atoms with E-state index in [1.54, 1.807) is 0 Å². The number of nitrogens with two attached hydrogens (primary N) is 1. The first-order valence-electron chi connectivity index (χ1n) is 7.55. The van der Waals surface area contributed by atoms with E-state index in [1.807, 2.05) is 6.92 Å². The Hall–Kier alpha value is -1.32. The van der Waals surface area contributed by atoms with Crippen LogP contribution in [-0.4, -0.2) is 16.0 Å². The average Bonchev–Trinajstić information content (AvgIpc) is 2.44. The summed E-state index contributed by atoms with van der Waals surface area (Å²) < 4.78 is 0. The van der Waals surface area contributed by atoms with Gasteiger partial charge in [0.2, 0.25) is 0 Å².